The van der Waals surface area contributed by atoms with E-state index in [1.54, 1.807) is 0 Å². The number of ether oxygens (including phenoxy) is 1. The molecular formula is C21H27F2NO3. The Balaban J connectivity index is 1.68. The van der Waals surface area contributed by atoms with Crippen LogP contribution in [0.25, 0.3) is 0 Å². The Morgan fingerprint density at radius 3 is 2.15 bits per heavy atom. The first kappa shape index (κ1) is 19.8. The molecule has 0 saturated carbocycles. The lowest BCUT2D eigenvalue weighted by Gasteiger charge is -2.48. The van der Waals surface area contributed by atoms with Gasteiger partial charge in [-0.2, -0.15) is 0 Å². The number of carbonyl (C=O) groups excluding carboxylic acids is 2. The van der Waals surface area contributed by atoms with Gasteiger partial charge >= 0.3 is 6.09 Å². The summed E-state index contributed by atoms with van der Waals surface area (Å²) in [4.78, 5) is 27.2. The molecule has 2 heterocycles. The van der Waals surface area contributed by atoms with Gasteiger partial charge in [-0.25, -0.2) is 13.6 Å². The summed E-state index contributed by atoms with van der Waals surface area (Å²) in [5, 5.41) is 0. The Labute approximate surface area is 158 Å². The molecule has 2 fully saturated rings. The summed E-state index contributed by atoms with van der Waals surface area (Å²) in [5.41, 5.74) is -0.198. The maximum Gasteiger partial charge on any atom is 0.410 e. The van der Waals surface area contributed by atoms with Crippen LogP contribution in [-0.2, 0) is 16.0 Å². The summed E-state index contributed by atoms with van der Waals surface area (Å²) in [6, 6.07) is 3.20. The van der Waals surface area contributed by atoms with Gasteiger partial charge in [0.05, 0.1) is 0 Å². The summed E-state index contributed by atoms with van der Waals surface area (Å²) in [7, 11) is 0. The van der Waals surface area contributed by atoms with Crippen molar-refractivity contribution in [1.82, 2.24) is 4.90 Å². The first-order valence-corrected chi connectivity index (χ1v) is 9.61. The van der Waals surface area contributed by atoms with E-state index in [2.05, 4.69) is 0 Å². The predicted molar refractivity (Wildman–Crippen MR) is 97.3 cm³/mol. The molecule has 2 unspecified atom stereocenters. The fourth-order valence-corrected chi connectivity index (χ4v) is 4.32. The minimum absolute atomic E-state index is 0.00875. The zero-order valence-corrected chi connectivity index (χ0v) is 16.1. The second-order valence-corrected chi connectivity index (χ2v) is 8.72. The molecule has 2 aliphatic heterocycles. The third-order valence-corrected chi connectivity index (χ3v) is 5.34. The molecule has 3 rings (SSSR count). The molecule has 148 valence electrons. The molecular weight excluding hydrogens is 352 g/mol. The highest BCUT2D eigenvalue weighted by Gasteiger charge is 2.44. The van der Waals surface area contributed by atoms with Gasteiger partial charge < -0.3 is 9.64 Å². The molecule has 1 aromatic carbocycles. The van der Waals surface area contributed by atoms with Crippen LogP contribution < -0.4 is 0 Å². The van der Waals surface area contributed by atoms with Crippen molar-refractivity contribution in [2.24, 2.45) is 5.92 Å². The number of benzene rings is 1. The van der Waals surface area contributed by atoms with Crippen LogP contribution in [0.3, 0.4) is 0 Å². The topological polar surface area (TPSA) is 46.6 Å². The Morgan fingerprint density at radius 2 is 1.63 bits per heavy atom. The van der Waals surface area contributed by atoms with Gasteiger partial charge in [-0.15, -0.1) is 0 Å². The lowest BCUT2D eigenvalue weighted by molar-refractivity contribution is -0.126. The fourth-order valence-electron chi connectivity index (χ4n) is 4.32. The molecule has 0 N–H and O–H groups in total. The monoisotopic (exact) mass is 379 g/mol. The molecule has 2 saturated heterocycles. The van der Waals surface area contributed by atoms with Crippen LogP contribution in [0.2, 0.25) is 0 Å². The van der Waals surface area contributed by atoms with E-state index in [9.17, 15) is 18.4 Å². The van der Waals surface area contributed by atoms with E-state index in [0.717, 1.165) is 25.3 Å². The van der Waals surface area contributed by atoms with Crippen LogP contribution >= 0.6 is 0 Å². The third kappa shape index (κ3) is 4.85. The first-order chi connectivity index (χ1) is 12.6. The standard InChI is InChI=1S/C21H27F2NO3/c1-21(2,3)27-20(26)24-17-5-4-6-18(24)11-14(10-17)19(25)9-13-7-15(22)12-16(23)8-13/h7-8,12,14,17-18H,4-6,9-11H2,1-3H3. The van der Waals surface area contributed by atoms with E-state index in [1.165, 1.54) is 12.1 Å². The summed E-state index contributed by atoms with van der Waals surface area (Å²) in [5.74, 6) is -1.55. The molecule has 4 nitrogen and oxygen atoms in total. The number of amides is 1. The third-order valence-electron chi connectivity index (χ3n) is 5.34. The number of Topliss-reactive ketones (excluding diaryl/α,β-unsaturated/α-hetero) is 1. The van der Waals surface area contributed by atoms with Crippen molar-refractivity contribution in [3.05, 3.63) is 35.4 Å². The van der Waals surface area contributed by atoms with E-state index < -0.39 is 17.2 Å². The van der Waals surface area contributed by atoms with Crippen LogP contribution in [0.1, 0.15) is 58.4 Å². The lowest BCUT2D eigenvalue weighted by Crippen LogP contribution is -2.56. The number of piperidine rings is 2. The largest absolute Gasteiger partial charge is 0.444 e. The Kier molecular flexibility index (Phi) is 5.54. The molecule has 0 aliphatic carbocycles. The van der Waals surface area contributed by atoms with Gasteiger partial charge in [0, 0.05) is 30.5 Å². The van der Waals surface area contributed by atoms with Gasteiger partial charge in [-0.05, 0) is 70.6 Å². The summed E-state index contributed by atoms with van der Waals surface area (Å²) in [6.45, 7) is 5.53. The number of fused-ring (bicyclic) bond motifs is 2. The normalized spacial score (nSPS) is 25.2. The SMILES string of the molecule is CC(C)(C)OC(=O)N1C2CCCC1CC(C(=O)Cc1cc(F)cc(F)c1)C2. The number of hydrogen-bond donors (Lipinski definition) is 0. The minimum Gasteiger partial charge on any atom is -0.444 e. The molecule has 0 spiro atoms. The molecule has 2 aliphatic rings. The van der Waals surface area contributed by atoms with Crippen molar-refractivity contribution in [3.8, 4) is 0 Å². The summed E-state index contributed by atoms with van der Waals surface area (Å²) < 4.78 is 32.3. The zero-order chi connectivity index (χ0) is 19.8. The maximum absolute atomic E-state index is 13.4. The second kappa shape index (κ2) is 7.56. The Bertz CT molecular complexity index is 694. The minimum atomic E-state index is -0.672. The van der Waals surface area contributed by atoms with Gasteiger partial charge in [0.25, 0.3) is 0 Å². The highest BCUT2D eigenvalue weighted by Crippen LogP contribution is 2.38. The predicted octanol–water partition coefficient (Wildman–Crippen LogP) is 4.64. The molecule has 2 bridgehead atoms. The number of hydrogen-bond acceptors (Lipinski definition) is 3. The number of nitrogens with zero attached hydrogens (tertiary/aromatic N) is 1. The number of carbonyl (C=O) groups is 2. The Hall–Kier alpha value is -1.98. The molecule has 0 aromatic heterocycles. The van der Waals surface area contributed by atoms with Gasteiger partial charge in [0.15, 0.2) is 0 Å². The fraction of sp³-hybridized carbons (Fsp3) is 0.619. The van der Waals surface area contributed by atoms with Gasteiger partial charge in [-0.1, -0.05) is 0 Å². The molecule has 27 heavy (non-hydrogen) atoms. The van der Waals surface area contributed by atoms with Crippen LogP contribution in [0.15, 0.2) is 18.2 Å². The highest BCUT2D eigenvalue weighted by molar-refractivity contribution is 5.84. The lowest BCUT2D eigenvalue weighted by atomic mass is 9.76. The van der Waals surface area contributed by atoms with Crippen LogP contribution in [0.5, 0.6) is 0 Å². The zero-order valence-electron chi connectivity index (χ0n) is 16.1. The van der Waals surface area contributed by atoms with Gasteiger partial charge in [0.2, 0.25) is 0 Å². The van der Waals surface area contributed by atoms with Crippen molar-refractivity contribution < 1.29 is 23.1 Å². The van der Waals surface area contributed by atoms with E-state index >= 15 is 0 Å². The van der Waals surface area contributed by atoms with Crippen molar-refractivity contribution in [2.45, 2.75) is 77.0 Å². The smallest absolute Gasteiger partial charge is 0.410 e. The Morgan fingerprint density at radius 1 is 1.07 bits per heavy atom. The molecule has 1 amide bonds. The van der Waals surface area contributed by atoms with Crippen LogP contribution in [-0.4, -0.2) is 34.5 Å². The molecule has 6 heteroatoms. The van der Waals surface area contributed by atoms with E-state index in [-0.39, 0.29) is 36.3 Å². The van der Waals surface area contributed by atoms with Crippen molar-refractivity contribution in [2.75, 3.05) is 0 Å². The van der Waals surface area contributed by atoms with Crippen LogP contribution in [0.4, 0.5) is 13.6 Å². The van der Waals surface area contributed by atoms with Crippen molar-refractivity contribution >= 4 is 11.9 Å². The second-order valence-electron chi connectivity index (χ2n) is 8.72. The summed E-state index contributed by atoms with van der Waals surface area (Å²) >= 11 is 0. The average Bonchev–Trinajstić information content (AvgIpc) is 2.50. The first-order valence-electron chi connectivity index (χ1n) is 9.61. The average molecular weight is 379 g/mol. The van der Waals surface area contributed by atoms with Crippen molar-refractivity contribution in [3.63, 3.8) is 0 Å². The van der Waals surface area contributed by atoms with Gasteiger partial charge in [0.1, 0.15) is 23.0 Å². The highest BCUT2D eigenvalue weighted by atomic mass is 19.1. The van der Waals surface area contributed by atoms with E-state index in [4.69, 9.17) is 4.74 Å². The van der Waals surface area contributed by atoms with E-state index in [0.29, 0.717) is 18.4 Å². The van der Waals surface area contributed by atoms with Gasteiger partial charge in [-0.3, -0.25) is 4.79 Å². The number of ketones is 1. The van der Waals surface area contributed by atoms with E-state index in [1.807, 2.05) is 25.7 Å². The quantitative estimate of drug-likeness (QED) is 0.768. The van der Waals surface area contributed by atoms with Crippen molar-refractivity contribution in [1.29, 1.82) is 0 Å². The molecule has 2 atom stereocenters. The maximum atomic E-state index is 13.4. The summed E-state index contributed by atoms with van der Waals surface area (Å²) in [6.07, 6.45) is 3.63. The number of rotatable bonds is 3. The molecule has 0 radical (unpaired) electrons. The molecule has 1 aromatic rings. The van der Waals surface area contributed by atoms with Crippen LogP contribution in [0, 0.1) is 17.6 Å². The number of halogens is 2.